The van der Waals surface area contributed by atoms with Crippen molar-refractivity contribution in [3.05, 3.63) is 0 Å². The number of rotatable bonds is 0. The van der Waals surface area contributed by atoms with E-state index in [0.717, 1.165) is 17.3 Å². The number of ether oxygens (including phenoxy) is 1. The third-order valence-corrected chi connectivity index (χ3v) is 3.91. The monoisotopic (exact) mass is 156 g/mol. The summed E-state index contributed by atoms with van der Waals surface area (Å²) < 4.78 is 6.62. The molecule has 1 N–H and O–H groups in total. The van der Waals surface area contributed by atoms with Gasteiger partial charge in [0, 0.05) is 6.42 Å². The van der Waals surface area contributed by atoms with Gasteiger partial charge >= 0.3 is 0 Å². The summed E-state index contributed by atoms with van der Waals surface area (Å²) in [7, 11) is 4.42. The molecule has 4 atom stereocenters. The van der Waals surface area contributed by atoms with Gasteiger partial charge in [0.15, 0.2) is 6.10 Å². The van der Waals surface area contributed by atoms with Gasteiger partial charge in [-0.1, -0.05) is 0 Å². The Morgan fingerprint density at radius 3 is 2.73 bits per heavy atom. The van der Waals surface area contributed by atoms with E-state index in [1.165, 1.54) is 0 Å². The average molecular weight is 156 g/mol. The first kappa shape index (κ1) is 6.40. The van der Waals surface area contributed by atoms with Crippen molar-refractivity contribution in [1.29, 1.82) is 0 Å². The van der Waals surface area contributed by atoms with Gasteiger partial charge in [0.2, 0.25) is 5.72 Å². The molecule has 1 spiro atoms. The SMILES string of the molecule is C[N+]1(C)C2CC(O)CC13OC23. The first-order chi connectivity index (χ1) is 5.08. The van der Waals surface area contributed by atoms with E-state index in [9.17, 15) is 5.11 Å². The highest BCUT2D eigenvalue weighted by atomic mass is 16.7. The molecule has 0 aromatic carbocycles. The predicted octanol–water partition coefficient (Wildman–Crippen LogP) is -0.305. The van der Waals surface area contributed by atoms with Gasteiger partial charge in [-0.05, 0) is 0 Å². The molecule has 0 aliphatic carbocycles. The molecule has 4 unspecified atom stereocenters. The third kappa shape index (κ3) is 0.451. The Labute approximate surface area is 66.2 Å². The maximum Gasteiger partial charge on any atom is 0.239 e. The number of nitrogens with zero attached hydrogens (tertiary/aromatic N) is 1. The summed E-state index contributed by atoms with van der Waals surface area (Å²) in [5.74, 6) is 0. The molecule has 11 heavy (non-hydrogen) atoms. The van der Waals surface area contributed by atoms with E-state index < -0.39 is 0 Å². The lowest BCUT2D eigenvalue weighted by Crippen LogP contribution is -2.75. The third-order valence-electron chi connectivity index (χ3n) is 3.91. The summed E-state index contributed by atoms with van der Waals surface area (Å²) in [4.78, 5) is 0. The van der Waals surface area contributed by atoms with Crippen molar-refractivity contribution in [2.45, 2.75) is 36.8 Å². The molecule has 0 amide bonds. The molecule has 3 saturated heterocycles. The van der Waals surface area contributed by atoms with Gasteiger partial charge in [0.1, 0.15) is 6.04 Å². The van der Waals surface area contributed by atoms with E-state index in [1.807, 2.05) is 0 Å². The molecular weight excluding hydrogens is 142 g/mol. The highest BCUT2D eigenvalue weighted by Gasteiger charge is 2.87. The number of hydrogen-bond donors (Lipinski definition) is 1. The largest absolute Gasteiger partial charge is 0.393 e. The molecule has 0 saturated carbocycles. The van der Waals surface area contributed by atoms with E-state index in [0.29, 0.717) is 12.1 Å². The average Bonchev–Trinajstić information content (AvgIpc) is 2.58. The number of aliphatic hydroxyl groups excluding tert-OH is 1. The lowest BCUT2D eigenvalue weighted by Gasteiger charge is -2.53. The Kier molecular flexibility index (Phi) is 0.795. The van der Waals surface area contributed by atoms with Crippen LogP contribution in [0.2, 0.25) is 0 Å². The van der Waals surface area contributed by atoms with Gasteiger partial charge < -0.3 is 9.84 Å². The zero-order chi connectivity index (χ0) is 7.85. The molecular formula is C8H14NO2+. The van der Waals surface area contributed by atoms with Gasteiger partial charge in [0.05, 0.1) is 26.6 Å². The van der Waals surface area contributed by atoms with E-state index in [1.54, 1.807) is 0 Å². The number of aliphatic hydroxyl groups is 1. The molecule has 3 rings (SSSR count). The van der Waals surface area contributed by atoms with Crippen LogP contribution in [0, 0.1) is 0 Å². The first-order valence-electron chi connectivity index (χ1n) is 4.27. The molecule has 3 aliphatic rings. The molecule has 0 aromatic heterocycles. The number of quaternary nitrogens is 1. The van der Waals surface area contributed by atoms with Gasteiger partial charge in [-0.2, -0.15) is 0 Å². The van der Waals surface area contributed by atoms with Gasteiger partial charge in [-0.15, -0.1) is 0 Å². The predicted molar refractivity (Wildman–Crippen MR) is 38.7 cm³/mol. The minimum Gasteiger partial charge on any atom is -0.393 e. The number of piperidine rings is 1. The fourth-order valence-electron chi connectivity index (χ4n) is 3.05. The summed E-state index contributed by atoms with van der Waals surface area (Å²) in [6.07, 6.45) is 2.16. The summed E-state index contributed by atoms with van der Waals surface area (Å²) in [5, 5.41) is 9.44. The van der Waals surface area contributed by atoms with Crippen molar-refractivity contribution in [1.82, 2.24) is 0 Å². The van der Waals surface area contributed by atoms with E-state index >= 15 is 0 Å². The lowest BCUT2D eigenvalue weighted by atomic mass is 9.76. The molecule has 3 fully saturated rings. The molecule has 3 nitrogen and oxygen atoms in total. The summed E-state index contributed by atoms with van der Waals surface area (Å²) >= 11 is 0. The van der Waals surface area contributed by atoms with Crippen LogP contribution >= 0.6 is 0 Å². The van der Waals surface area contributed by atoms with Crippen molar-refractivity contribution < 1.29 is 14.3 Å². The minimum atomic E-state index is -0.107. The fourth-order valence-corrected chi connectivity index (χ4v) is 3.05. The van der Waals surface area contributed by atoms with Crippen LogP contribution in [0.5, 0.6) is 0 Å². The molecule has 0 aromatic rings. The molecule has 3 aliphatic heterocycles. The second-order valence-corrected chi connectivity index (χ2v) is 4.58. The Balaban J connectivity index is 1.98. The maximum absolute atomic E-state index is 9.44. The topological polar surface area (TPSA) is 32.8 Å². The standard InChI is InChI=1S/C8H14NO2/c1-9(2)6-3-5(10)4-8(9)7(6)11-8/h5-7,10H,3-4H2,1-2H3/q+1. The van der Waals surface area contributed by atoms with Crippen LogP contribution in [0.3, 0.4) is 0 Å². The maximum atomic E-state index is 9.44. The van der Waals surface area contributed by atoms with Gasteiger partial charge in [-0.3, -0.25) is 4.48 Å². The zero-order valence-electron chi connectivity index (χ0n) is 6.95. The van der Waals surface area contributed by atoms with Crippen molar-refractivity contribution in [3.63, 3.8) is 0 Å². The number of fused-ring (bicyclic) bond motifs is 2. The Bertz CT molecular complexity index is 228. The van der Waals surface area contributed by atoms with Crippen molar-refractivity contribution >= 4 is 0 Å². The summed E-state index contributed by atoms with van der Waals surface area (Å²) in [6, 6.07) is 0.568. The van der Waals surface area contributed by atoms with Crippen LogP contribution in [0.15, 0.2) is 0 Å². The van der Waals surface area contributed by atoms with Gasteiger partial charge in [-0.25, -0.2) is 0 Å². The quantitative estimate of drug-likeness (QED) is 0.385. The van der Waals surface area contributed by atoms with Crippen LogP contribution < -0.4 is 0 Å². The number of epoxide rings is 1. The zero-order valence-corrected chi connectivity index (χ0v) is 6.95. The Hall–Kier alpha value is -0.120. The van der Waals surface area contributed by atoms with Crippen LogP contribution in [0.4, 0.5) is 0 Å². The first-order valence-corrected chi connectivity index (χ1v) is 4.27. The highest BCUT2D eigenvalue weighted by Crippen LogP contribution is 2.65. The van der Waals surface area contributed by atoms with Crippen LogP contribution in [-0.4, -0.2) is 47.7 Å². The van der Waals surface area contributed by atoms with E-state index in [2.05, 4.69) is 14.1 Å². The minimum absolute atomic E-state index is 0.0440. The summed E-state index contributed by atoms with van der Waals surface area (Å²) in [5.41, 5.74) is 0.0440. The van der Waals surface area contributed by atoms with Crippen LogP contribution in [0.1, 0.15) is 12.8 Å². The Morgan fingerprint density at radius 2 is 2.27 bits per heavy atom. The van der Waals surface area contributed by atoms with Crippen molar-refractivity contribution in [3.8, 4) is 0 Å². The van der Waals surface area contributed by atoms with Gasteiger partial charge in [0.25, 0.3) is 0 Å². The number of hydrogen-bond acceptors (Lipinski definition) is 2. The molecule has 2 bridgehead atoms. The second kappa shape index (κ2) is 1.37. The van der Waals surface area contributed by atoms with Crippen molar-refractivity contribution in [2.75, 3.05) is 14.1 Å². The second-order valence-electron chi connectivity index (χ2n) is 4.58. The molecule has 3 heteroatoms. The van der Waals surface area contributed by atoms with Crippen LogP contribution in [0.25, 0.3) is 0 Å². The smallest absolute Gasteiger partial charge is 0.239 e. The van der Waals surface area contributed by atoms with E-state index in [4.69, 9.17) is 4.74 Å². The van der Waals surface area contributed by atoms with Crippen molar-refractivity contribution in [2.24, 2.45) is 0 Å². The normalized spacial score (nSPS) is 63.0. The van der Waals surface area contributed by atoms with Crippen LogP contribution in [-0.2, 0) is 4.74 Å². The molecule has 0 radical (unpaired) electrons. The van der Waals surface area contributed by atoms with E-state index in [-0.39, 0.29) is 11.8 Å². The fraction of sp³-hybridized carbons (Fsp3) is 1.00. The molecule has 3 heterocycles. The molecule has 62 valence electrons. The summed E-state index contributed by atoms with van der Waals surface area (Å²) in [6.45, 7) is 0. The number of likely N-dealkylation sites (N-methyl/N-ethyl adjacent to an activating group) is 1. The Morgan fingerprint density at radius 1 is 1.55 bits per heavy atom. The lowest BCUT2D eigenvalue weighted by molar-refractivity contribution is -0.993. The highest BCUT2D eigenvalue weighted by molar-refractivity contribution is 5.14.